The van der Waals surface area contributed by atoms with Crippen molar-refractivity contribution in [2.24, 2.45) is 0 Å². The summed E-state index contributed by atoms with van der Waals surface area (Å²) in [6, 6.07) is 9.80. The largest absolute Gasteiger partial charge is 0.481 e. The smallest absolute Gasteiger partial charge is 0.409 e. The Labute approximate surface area is 226 Å². The van der Waals surface area contributed by atoms with E-state index in [-0.39, 0.29) is 51.3 Å². The molecule has 2 heterocycles. The quantitative estimate of drug-likeness (QED) is 0.323. The van der Waals surface area contributed by atoms with Gasteiger partial charge in [-0.25, -0.2) is 14.8 Å². The van der Waals surface area contributed by atoms with E-state index in [1.54, 1.807) is 13.0 Å². The van der Waals surface area contributed by atoms with Gasteiger partial charge in [0, 0.05) is 44.2 Å². The molecule has 2 N–H and O–H groups in total. The van der Waals surface area contributed by atoms with Crippen LogP contribution in [0.4, 0.5) is 4.79 Å². The molecule has 1 aliphatic rings. The average molecular weight is 544 g/mol. The van der Waals surface area contributed by atoms with Crippen LogP contribution in [0.1, 0.15) is 43.6 Å². The molecule has 3 rings (SSSR count). The van der Waals surface area contributed by atoms with Crippen LogP contribution in [-0.4, -0.2) is 93.3 Å². The van der Waals surface area contributed by atoms with Gasteiger partial charge < -0.3 is 25.0 Å². The van der Waals surface area contributed by atoms with E-state index in [0.29, 0.717) is 10.9 Å². The van der Waals surface area contributed by atoms with Gasteiger partial charge in [0.1, 0.15) is 16.8 Å². The first-order valence-corrected chi connectivity index (χ1v) is 13.6. The van der Waals surface area contributed by atoms with Gasteiger partial charge >= 0.3 is 12.1 Å². The molecule has 1 saturated heterocycles. The first-order valence-electron chi connectivity index (χ1n) is 12.6. The van der Waals surface area contributed by atoms with Gasteiger partial charge in [-0.15, -0.1) is 11.8 Å². The van der Waals surface area contributed by atoms with Crippen LogP contribution in [0, 0.1) is 0 Å². The van der Waals surface area contributed by atoms with Crippen LogP contribution in [0.5, 0.6) is 0 Å². The van der Waals surface area contributed by atoms with E-state index in [0.717, 1.165) is 17.7 Å². The van der Waals surface area contributed by atoms with Crippen LogP contribution in [0.3, 0.4) is 0 Å². The lowest BCUT2D eigenvalue weighted by molar-refractivity contribution is -0.138. The van der Waals surface area contributed by atoms with Crippen molar-refractivity contribution in [3.8, 4) is 11.4 Å². The second-order valence-electron chi connectivity index (χ2n) is 8.60. The Bertz CT molecular complexity index is 1120. The zero-order valence-corrected chi connectivity index (χ0v) is 22.4. The molecule has 1 aromatic heterocycles. The number of rotatable bonds is 11. The fourth-order valence-electron chi connectivity index (χ4n) is 3.84. The number of benzene rings is 1. The second kappa shape index (κ2) is 14.3. The predicted octanol–water partition coefficient (Wildman–Crippen LogP) is 2.91. The highest BCUT2D eigenvalue weighted by molar-refractivity contribution is 7.99. The Hall–Kier alpha value is -3.67. The molecule has 1 fully saturated rings. The van der Waals surface area contributed by atoms with Crippen molar-refractivity contribution in [2.45, 2.75) is 44.2 Å². The summed E-state index contributed by atoms with van der Waals surface area (Å²) >= 11 is 1.50. The second-order valence-corrected chi connectivity index (χ2v) is 9.71. The molecule has 11 nitrogen and oxygen atoms in total. The molecule has 1 aliphatic heterocycles. The third kappa shape index (κ3) is 8.17. The first kappa shape index (κ1) is 28.9. The van der Waals surface area contributed by atoms with E-state index in [2.05, 4.69) is 15.3 Å². The Kier molecular flexibility index (Phi) is 10.9. The molecule has 0 radical (unpaired) electrons. The van der Waals surface area contributed by atoms with Crippen molar-refractivity contribution in [1.82, 2.24) is 25.1 Å². The fourth-order valence-corrected chi connectivity index (χ4v) is 4.60. The van der Waals surface area contributed by atoms with Gasteiger partial charge in [0.05, 0.1) is 6.61 Å². The van der Waals surface area contributed by atoms with Crippen LogP contribution in [-0.2, 0) is 14.3 Å². The van der Waals surface area contributed by atoms with E-state index in [9.17, 15) is 24.3 Å². The van der Waals surface area contributed by atoms with Crippen molar-refractivity contribution >= 4 is 35.6 Å². The van der Waals surface area contributed by atoms with E-state index < -0.39 is 29.9 Å². The van der Waals surface area contributed by atoms with Crippen molar-refractivity contribution < 1.29 is 29.0 Å². The van der Waals surface area contributed by atoms with Gasteiger partial charge in [-0.2, -0.15) is 0 Å². The van der Waals surface area contributed by atoms with Gasteiger partial charge in [0.25, 0.3) is 5.91 Å². The van der Waals surface area contributed by atoms with Crippen LogP contribution in [0.25, 0.3) is 11.4 Å². The molecule has 0 aliphatic carbocycles. The zero-order valence-electron chi connectivity index (χ0n) is 21.6. The Morgan fingerprint density at radius 2 is 1.74 bits per heavy atom. The molecule has 12 heteroatoms. The van der Waals surface area contributed by atoms with Crippen molar-refractivity contribution in [3.63, 3.8) is 0 Å². The molecule has 1 aromatic carbocycles. The summed E-state index contributed by atoms with van der Waals surface area (Å²) in [7, 11) is 0. The molecule has 1 atom stereocenters. The Morgan fingerprint density at radius 3 is 2.37 bits per heavy atom. The van der Waals surface area contributed by atoms with Crippen LogP contribution in [0.2, 0.25) is 0 Å². The lowest BCUT2D eigenvalue weighted by Gasteiger charge is -2.35. The molecule has 38 heavy (non-hydrogen) atoms. The molecule has 1 unspecified atom stereocenters. The highest BCUT2D eigenvalue weighted by atomic mass is 32.2. The highest BCUT2D eigenvalue weighted by Gasteiger charge is 2.31. The Morgan fingerprint density at radius 1 is 1.05 bits per heavy atom. The van der Waals surface area contributed by atoms with E-state index in [1.165, 1.54) is 21.6 Å². The number of aliphatic carboxylic acids is 1. The van der Waals surface area contributed by atoms with Gasteiger partial charge in [-0.3, -0.25) is 14.4 Å². The summed E-state index contributed by atoms with van der Waals surface area (Å²) in [6.07, 6.45) is 0.110. The van der Waals surface area contributed by atoms with E-state index in [4.69, 9.17) is 4.74 Å². The summed E-state index contributed by atoms with van der Waals surface area (Å²) in [4.78, 5) is 61.9. The number of hydrogen-bond donors (Lipinski definition) is 2. The standard InChI is InChI=1S/C26H33N5O6S/c1-3-16-38-21-17-20(27-23(29-21)18-8-6-5-7-9-18)24(34)28-19(10-11-22(32)33)25(35)30-12-14-31(15-13-30)26(36)37-4-2/h5-9,17,19H,3-4,10-16H2,1-2H3,(H,28,34)(H,32,33). The number of carbonyl (C=O) groups excluding carboxylic acids is 3. The number of carboxylic acids is 1. The number of thioether (sulfide) groups is 1. The number of nitrogens with zero attached hydrogens (tertiary/aromatic N) is 4. The number of aromatic nitrogens is 2. The third-order valence-electron chi connectivity index (χ3n) is 5.79. The topological polar surface area (TPSA) is 142 Å². The first-order chi connectivity index (χ1) is 18.3. The number of amides is 3. The number of hydrogen-bond acceptors (Lipinski definition) is 8. The SMILES string of the molecule is CCCSc1cc(C(=O)NC(CCC(=O)O)C(=O)N2CCN(C(=O)OCC)CC2)nc(-c2ccccc2)n1. The maximum absolute atomic E-state index is 13.3. The summed E-state index contributed by atoms with van der Waals surface area (Å²) in [5, 5.41) is 12.6. The van der Waals surface area contributed by atoms with Crippen LogP contribution < -0.4 is 5.32 Å². The maximum atomic E-state index is 13.3. The van der Waals surface area contributed by atoms with Crippen LogP contribution in [0.15, 0.2) is 41.4 Å². The van der Waals surface area contributed by atoms with Crippen molar-refractivity contribution in [1.29, 1.82) is 0 Å². The van der Waals surface area contributed by atoms with Crippen LogP contribution >= 0.6 is 11.8 Å². The van der Waals surface area contributed by atoms with Crippen molar-refractivity contribution in [3.05, 3.63) is 42.1 Å². The predicted molar refractivity (Wildman–Crippen MR) is 142 cm³/mol. The number of nitrogens with one attached hydrogen (secondary N) is 1. The lowest BCUT2D eigenvalue weighted by Crippen LogP contribution is -2.56. The lowest BCUT2D eigenvalue weighted by atomic mass is 10.1. The molecule has 204 valence electrons. The molecule has 3 amide bonds. The van der Waals surface area contributed by atoms with Gasteiger partial charge in [-0.05, 0) is 25.5 Å². The van der Waals surface area contributed by atoms with E-state index in [1.807, 2.05) is 37.3 Å². The zero-order chi connectivity index (χ0) is 27.5. The molecule has 0 spiro atoms. The maximum Gasteiger partial charge on any atom is 0.409 e. The Balaban J connectivity index is 1.78. The minimum atomic E-state index is -1.07. The minimum Gasteiger partial charge on any atom is -0.481 e. The number of carbonyl (C=O) groups is 4. The molecular formula is C26H33N5O6S. The van der Waals surface area contributed by atoms with Gasteiger partial charge in [0.15, 0.2) is 5.82 Å². The summed E-state index contributed by atoms with van der Waals surface area (Å²) in [5.41, 5.74) is 0.844. The third-order valence-corrected chi connectivity index (χ3v) is 6.91. The average Bonchev–Trinajstić information content (AvgIpc) is 2.94. The number of ether oxygens (including phenoxy) is 1. The summed E-state index contributed by atoms with van der Waals surface area (Å²) in [6.45, 7) is 5.10. The van der Waals surface area contributed by atoms with Gasteiger partial charge in [0.2, 0.25) is 5.91 Å². The molecule has 2 aromatic rings. The monoisotopic (exact) mass is 543 g/mol. The van der Waals surface area contributed by atoms with Gasteiger partial charge in [-0.1, -0.05) is 37.3 Å². The fraction of sp³-hybridized carbons (Fsp3) is 0.462. The molecule has 0 bridgehead atoms. The number of piperazine rings is 1. The summed E-state index contributed by atoms with van der Waals surface area (Å²) in [5.74, 6) is -0.863. The summed E-state index contributed by atoms with van der Waals surface area (Å²) < 4.78 is 5.01. The van der Waals surface area contributed by atoms with E-state index >= 15 is 0 Å². The molecular weight excluding hydrogens is 510 g/mol. The number of carboxylic acid groups (broad SMARTS) is 1. The normalized spacial score (nSPS) is 14.1. The highest BCUT2D eigenvalue weighted by Crippen LogP contribution is 2.22. The minimum absolute atomic E-state index is 0.0773. The molecule has 0 saturated carbocycles. The van der Waals surface area contributed by atoms with Crippen molar-refractivity contribution in [2.75, 3.05) is 38.5 Å².